The molecule has 0 bridgehead atoms. The quantitative estimate of drug-likeness (QED) is 0.895. The summed E-state index contributed by atoms with van der Waals surface area (Å²) >= 11 is 1.95. The third-order valence-corrected chi connectivity index (χ3v) is 5.08. The van der Waals surface area contributed by atoms with Crippen molar-refractivity contribution in [2.75, 3.05) is 11.5 Å². The highest BCUT2D eigenvalue weighted by Crippen LogP contribution is 2.35. The molecule has 0 saturated carbocycles. The second kappa shape index (κ2) is 5.80. The molecule has 0 radical (unpaired) electrons. The number of hydrogen-bond donors (Lipinski definition) is 1. The molecule has 1 aliphatic rings. The van der Waals surface area contributed by atoms with Crippen molar-refractivity contribution in [3.05, 3.63) is 35.4 Å². The molecule has 1 aromatic carbocycles. The lowest BCUT2D eigenvalue weighted by atomic mass is 9.81. The zero-order chi connectivity index (χ0) is 14.0. The van der Waals surface area contributed by atoms with Crippen LogP contribution in [-0.2, 0) is 0 Å². The van der Waals surface area contributed by atoms with E-state index in [2.05, 4.69) is 19.2 Å². The number of hydrogen-bond acceptors (Lipinski definition) is 2. The van der Waals surface area contributed by atoms with Crippen molar-refractivity contribution >= 4 is 11.8 Å². The molecule has 0 spiro atoms. The van der Waals surface area contributed by atoms with E-state index in [0.717, 1.165) is 11.3 Å². The molecule has 106 valence electrons. The third kappa shape index (κ3) is 3.48. The molecule has 1 aromatic rings. The van der Waals surface area contributed by atoms with Gasteiger partial charge in [0.25, 0.3) is 0 Å². The Morgan fingerprint density at radius 3 is 2.68 bits per heavy atom. The minimum atomic E-state index is -0.787. The van der Waals surface area contributed by atoms with Crippen LogP contribution in [-0.4, -0.2) is 17.5 Å². The van der Waals surface area contributed by atoms with E-state index in [1.807, 2.05) is 18.7 Å². The van der Waals surface area contributed by atoms with E-state index in [4.69, 9.17) is 0 Å². The Morgan fingerprint density at radius 2 is 2.05 bits per heavy atom. The van der Waals surface area contributed by atoms with Crippen LogP contribution in [0, 0.1) is 17.0 Å². The van der Waals surface area contributed by atoms with Crippen LogP contribution < -0.4 is 5.32 Å². The number of thioether (sulfide) groups is 1. The molecule has 1 nitrogen and oxygen atoms in total. The summed E-state index contributed by atoms with van der Waals surface area (Å²) in [4.78, 5) is 0. The van der Waals surface area contributed by atoms with Gasteiger partial charge in [-0.15, -0.1) is 0 Å². The zero-order valence-corrected chi connectivity index (χ0v) is 12.5. The monoisotopic (exact) mass is 285 g/mol. The first kappa shape index (κ1) is 14.8. The maximum absolute atomic E-state index is 13.3. The van der Waals surface area contributed by atoms with Crippen molar-refractivity contribution in [3.63, 3.8) is 0 Å². The predicted octanol–water partition coefficient (Wildman–Crippen LogP) is 4.15. The van der Waals surface area contributed by atoms with Gasteiger partial charge in [-0.25, -0.2) is 8.78 Å². The van der Waals surface area contributed by atoms with Gasteiger partial charge in [-0.2, -0.15) is 11.8 Å². The molecule has 1 heterocycles. The van der Waals surface area contributed by atoms with Crippen LogP contribution in [0.2, 0.25) is 0 Å². The minimum absolute atomic E-state index is 0.0260. The average Bonchev–Trinajstić information content (AvgIpc) is 2.35. The fraction of sp³-hybridized carbons (Fsp3) is 0.600. The van der Waals surface area contributed by atoms with Crippen molar-refractivity contribution in [1.82, 2.24) is 5.32 Å². The summed E-state index contributed by atoms with van der Waals surface area (Å²) in [7, 11) is 0. The molecule has 1 aliphatic heterocycles. The molecule has 2 rings (SSSR count). The molecular formula is C15H21F2NS. The molecule has 19 heavy (non-hydrogen) atoms. The number of halogens is 2. The summed E-state index contributed by atoms with van der Waals surface area (Å²) in [5.74, 6) is 0.707. The van der Waals surface area contributed by atoms with Gasteiger partial charge in [-0.1, -0.05) is 19.9 Å². The van der Waals surface area contributed by atoms with E-state index in [0.29, 0.717) is 6.04 Å². The smallest absolute Gasteiger partial charge is 0.159 e. The lowest BCUT2D eigenvalue weighted by Gasteiger charge is -2.40. The summed E-state index contributed by atoms with van der Waals surface area (Å²) in [5.41, 5.74) is 1.04. The molecule has 2 unspecified atom stereocenters. The van der Waals surface area contributed by atoms with Crippen LogP contribution in [0.25, 0.3) is 0 Å². The maximum Gasteiger partial charge on any atom is 0.159 e. The van der Waals surface area contributed by atoms with Gasteiger partial charge in [-0.3, -0.25) is 0 Å². The summed E-state index contributed by atoms with van der Waals surface area (Å²) in [6.07, 6.45) is 1.18. The molecule has 0 aliphatic carbocycles. The minimum Gasteiger partial charge on any atom is -0.306 e. The summed E-state index contributed by atoms with van der Waals surface area (Å²) in [5, 5.41) is 3.56. The van der Waals surface area contributed by atoms with E-state index in [1.165, 1.54) is 24.3 Å². The van der Waals surface area contributed by atoms with Gasteiger partial charge in [-0.05, 0) is 42.2 Å². The van der Waals surface area contributed by atoms with Gasteiger partial charge in [0.1, 0.15) is 0 Å². The van der Waals surface area contributed by atoms with Crippen LogP contribution in [0.5, 0.6) is 0 Å². The van der Waals surface area contributed by atoms with Gasteiger partial charge in [0.2, 0.25) is 0 Å². The van der Waals surface area contributed by atoms with E-state index in [1.54, 1.807) is 6.07 Å². The summed E-state index contributed by atoms with van der Waals surface area (Å²) in [6, 6.07) is 4.56. The SMILES string of the molecule is CC(NC1CSCCC1(C)C)c1ccc(F)c(F)c1. The largest absolute Gasteiger partial charge is 0.306 e. The second-order valence-corrected chi connectivity index (χ2v) is 7.08. The lowest BCUT2D eigenvalue weighted by Crippen LogP contribution is -2.47. The van der Waals surface area contributed by atoms with Crippen LogP contribution in [0.4, 0.5) is 8.78 Å². The standard InChI is InChI=1S/C15H21F2NS/c1-10(11-4-5-12(16)13(17)8-11)18-14-9-19-7-6-15(14,2)3/h4-5,8,10,14,18H,6-7,9H2,1-3H3. The molecule has 2 atom stereocenters. The normalized spacial score (nSPS) is 24.2. The Morgan fingerprint density at radius 1 is 1.32 bits per heavy atom. The maximum atomic E-state index is 13.3. The molecular weight excluding hydrogens is 264 g/mol. The Labute approximate surface area is 118 Å². The second-order valence-electron chi connectivity index (χ2n) is 5.93. The molecule has 1 fully saturated rings. The van der Waals surface area contributed by atoms with Crippen molar-refractivity contribution in [3.8, 4) is 0 Å². The van der Waals surface area contributed by atoms with Gasteiger partial charge in [0.05, 0.1) is 0 Å². The number of benzene rings is 1. The summed E-state index contributed by atoms with van der Waals surface area (Å²) in [6.45, 7) is 6.53. The Hall–Kier alpha value is -0.610. The lowest BCUT2D eigenvalue weighted by molar-refractivity contribution is 0.232. The number of nitrogens with one attached hydrogen (secondary N) is 1. The van der Waals surface area contributed by atoms with E-state index >= 15 is 0 Å². The first-order valence-electron chi connectivity index (χ1n) is 6.69. The first-order chi connectivity index (χ1) is 8.90. The molecule has 1 N–H and O–H groups in total. The van der Waals surface area contributed by atoms with Crippen LogP contribution >= 0.6 is 11.8 Å². The van der Waals surface area contributed by atoms with Crippen molar-refractivity contribution in [2.24, 2.45) is 5.41 Å². The molecule has 1 saturated heterocycles. The Balaban J connectivity index is 2.07. The first-order valence-corrected chi connectivity index (χ1v) is 7.84. The van der Waals surface area contributed by atoms with Crippen molar-refractivity contribution < 1.29 is 8.78 Å². The Bertz CT molecular complexity index is 448. The van der Waals surface area contributed by atoms with Gasteiger partial charge in [0, 0.05) is 17.8 Å². The van der Waals surface area contributed by atoms with E-state index in [-0.39, 0.29) is 11.5 Å². The van der Waals surface area contributed by atoms with Crippen molar-refractivity contribution in [2.45, 2.75) is 39.3 Å². The molecule has 0 amide bonds. The van der Waals surface area contributed by atoms with Crippen LogP contribution in [0.1, 0.15) is 38.8 Å². The van der Waals surface area contributed by atoms with Crippen LogP contribution in [0.15, 0.2) is 18.2 Å². The fourth-order valence-corrected chi connectivity index (χ4v) is 4.01. The van der Waals surface area contributed by atoms with E-state index < -0.39 is 11.6 Å². The van der Waals surface area contributed by atoms with Gasteiger partial charge < -0.3 is 5.32 Å². The zero-order valence-electron chi connectivity index (χ0n) is 11.7. The number of rotatable bonds is 3. The predicted molar refractivity (Wildman–Crippen MR) is 77.4 cm³/mol. The highest BCUT2D eigenvalue weighted by atomic mass is 32.2. The van der Waals surface area contributed by atoms with Gasteiger partial charge in [0.15, 0.2) is 11.6 Å². The van der Waals surface area contributed by atoms with Gasteiger partial charge >= 0.3 is 0 Å². The Kier molecular flexibility index (Phi) is 4.51. The topological polar surface area (TPSA) is 12.0 Å². The highest BCUT2D eigenvalue weighted by Gasteiger charge is 2.33. The fourth-order valence-electron chi connectivity index (χ4n) is 2.39. The van der Waals surface area contributed by atoms with Crippen LogP contribution in [0.3, 0.4) is 0 Å². The van der Waals surface area contributed by atoms with Crippen molar-refractivity contribution in [1.29, 1.82) is 0 Å². The average molecular weight is 285 g/mol. The van der Waals surface area contributed by atoms with E-state index in [9.17, 15) is 8.78 Å². The molecule has 0 aromatic heterocycles. The summed E-state index contributed by atoms with van der Waals surface area (Å²) < 4.78 is 26.2. The third-order valence-electron chi connectivity index (χ3n) is 4.01. The molecule has 4 heteroatoms. The highest BCUT2D eigenvalue weighted by molar-refractivity contribution is 7.99.